The largest absolute Gasteiger partial charge is 0.478 e. The standard InChI is InChI=1S/C25H16F6N2O3/c26-24(27,28)15-8-4-10-17(12-15)32-20-19(23(35)36)21(14-6-2-1-3-7-14)33(22(20)34)18-11-5-9-16(13-18)25(29,30)31/h1-13,21,32H,(H,35,36). The molecule has 0 aliphatic carbocycles. The molecule has 2 N–H and O–H groups in total. The Labute approximate surface area is 200 Å². The Morgan fingerprint density at radius 3 is 1.97 bits per heavy atom. The number of carbonyl (C=O) groups excluding carboxylic acids is 1. The third kappa shape index (κ3) is 4.77. The minimum Gasteiger partial charge on any atom is -0.478 e. The second kappa shape index (κ2) is 9.06. The van der Waals surface area contributed by atoms with E-state index in [1.165, 1.54) is 24.3 Å². The van der Waals surface area contributed by atoms with Crippen LogP contribution in [0, 0.1) is 0 Å². The monoisotopic (exact) mass is 506 g/mol. The van der Waals surface area contributed by atoms with Crippen LogP contribution in [0.2, 0.25) is 0 Å². The predicted octanol–water partition coefficient (Wildman–Crippen LogP) is 6.26. The summed E-state index contributed by atoms with van der Waals surface area (Å²) >= 11 is 0. The molecule has 1 unspecified atom stereocenters. The van der Waals surface area contributed by atoms with Gasteiger partial charge in [-0.15, -0.1) is 0 Å². The van der Waals surface area contributed by atoms with Gasteiger partial charge in [-0.1, -0.05) is 42.5 Å². The van der Waals surface area contributed by atoms with Crippen LogP contribution in [0.3, 0.4) is 0 Å². The molecule has 1 aliphatic rings. The number of hydrogen-bond donors (Lipinski definition) is 2. The molecule has 3 aromatic rings. The molecule has 0 saturated carbocycles. The average molecular weight is 506 g/mol. The average Bonchev–Trinajstić information content (AvgIpc) is 3.11. The summed E-state index contributed by atoms with van der Waals surface area (Å²) in [7, 11) is 0. The van der Waals surface area contributed by atoms with Gasteiger partial charge in [0.1, 0.15) is 5.70 Å². The first kappa shape index (κ1) is 24.8. The molecule has 0 fully saturated rings. The minimum absolute atomic E-state index is 0.218. The second-order valence-corrected chi connectivity index (χ2v) is 7.83. The third-order valence-corrected chi connectivity index (χ3v) is 5.49. The van der Waals surface area contributed by atoms with E-state index >= 15 is 0 Å². The van der Waals surface area contributed by atoms with Crippen LogP contribution in [-0.2, 0) is 21.9 Å². The van der Waals surface area contributed by atoms with Gasteiger partial charge in [0.05, 0.1) is 22.7 Å². The van der Waals surface area contributed by atoms with Crippen molar-refractivity contribution in [3.63, 3.8) is 0 Å². The Morgan fingerprint density at radius 2 is 1.39 bits per heavy atom. The summed E-state index contributed by atoms with van der Waals surface area (Å²) in [6.45, 7) is 0. The first-order valence-corrected chi connectivity index (χ1v) is 10.4. The molecule has 0 saturated heterocycles. The number of hydrogen-bond acceptors (Lipinski definition) is 3. The Morgan fingerprint density at radius 1 is 0.806 bits per heavy atom. The van der Waals surface area contributed by atoms with E-state index in [9.17, 15) is 41.0 Å². The predicted molar refractivity (Wildman–Crippen MR) is 118 cm³/mol. The minimum atomic E-state index is -4.73. The van der Waals surface area contributed by atoms with Gasteiger partial charge in [-0.3, -0.25) is 9.69 Å². The van der Waals surface area contributed by atoms with Crippen molar-refractivity contribution in [2.45, 2.75) is 18.4 Å². The van der Waals surface area contributed by atoms with Gasteiger partial charge in [0.2, 0.25) is 0 Å². The van der Waals surface area contributed by atoms with E-state index in [2.05, 4.69) is 5.32 Å². The number of nitrogens with one attached hydrogen (secondary N) is 1. The van der Waals surface area contributed by atoms with Gasteiger partial charge in [0.15, 0.2) is 0 Å². The maximum atomic E-state index is 13.5. The molecule has 0 radical (unpaired) electrons. The van der Waals surface area contributed by atoms with Gasteiger partial charge in [-0.05, 0) is 42.0 Å². The molecule has 3 aromatic carbocycles. The molecule has 11 heteroatoms. The van der Waals surface area contributed by atoms with Crippen LogP contribution in [0.5, 0.6) is 0 Å². The van der Waals surface area contributed by atoms with Crippen LogP contribution >= 0.6 is 0 Å². The lowest BCUT2D eigenvalue weighted by atomic mass is 9.98. The van der Waals surface area contributed by atoms with Crippen LogP contribution in [0.25, 0.3) is 0 Å². The number of nitrogens with zero attached hydrogens (tertiary/aromatic N) is 1. The number of carbonyl (C=O) groups is 2. The summed E-state index contributed by atoms with van der Waals surface area (Å²) in [5.41, 5.74) is -3.36. The number of aliphatic carboxylic acids is 1. The van der Waals surface area contributed by atoms with Crippen molar-refractivity contribution in [1.29, 1.82) is 0 Å². The topological polar surface area (TPSA) is 69.6 Å². The lowest BCUT2D eigenvalue weighted by molar-refractivity contribution is -0.138. The summed E-state index contributed by atoms with van der Waals surface area (Å²) in [5.74, 6) is -2.58. The van der Waals surface area contributed by atoms with Crippen molar-refractivity contribution in [3.05, 3.63) is 107 Å². The number of amides is 1. The molecule has 1 heterocycles. The molecule has 36 heavy (non-hydrogen) atoms. The van der Waals surface area contributed by atoms with Crippen molar-refractivity contribution in [3.8, 4) is 0 Å². The lowest BCUT2D eigenvalue weighted by Crippen LogP contribution is -2.32. The van der Waals surface area contributed by atoms with E-state index in [1.54, 1.807) is 18.2 Å². The van der Waals surface area contributed by atoms with Crippen LogP contribution in [0.1, 0.15) is 22.7 Å². The number of rotatable bonds is 5. The van der Waals surface area contributed by atoms with E-state index in [0.717, 1.165) is 29.2 Å². The molecule has 5 nitrogen and oxygen atoms in total. The summed E-state index contributed by atoms with van der Waals surface area (Å²) in [4.78, 5) is 26.7. The van der Waals surface area contributed by atoms with Crippen molar-refractivity contribution in [2.24, 2.45) is 0 Å². The third-order valence-electron chi connectivity index (χ3n) is 5.49. The fourth-order valence-corrected chi connectivity index (χ4v) is 3.93. The number of alkyl halides is 6. The van der Waals surface area contributed by atoms with Gasteiger partial charge >= 0.3 is 18.3 Å². The van der Waals surface area contributed by atoms with Crippen LogP contribution in [-0.4, -0.2) is 17.0 Å². The van der Waals surface area contributed by atoms with E-state index in [-0.39, 0.29) is 16.9 Å². The van der Waals surface area contributed by atoms with Gasteiger partial charge in [0.25, 0.3) is 5.91 Å². The quantitative estimate of drug-likeness (QED) is 0.401. The SMILES string of the molecule is O=C(O)C1=C(Nc2cccc(C(F)(F)F)c2)C(=O)N(c2cccc(C(F)(F)F)c2)C1c1ccccc1. The summed E-state index contributed by atoms with van der Waals surface area (Å²) < 4.78 is 79.6. The normalized spacial score (nSPS) is 16.4. The highest BCUT2D eigenvalue weighted by Gasteiger charge is 2.45. The van der Waals surface area contributed by atoms with Crippen LogP contribution in [0.4, 0.5) is 37.7 Å². The van der Waals surface area contributed by atoms with E-state index in [1.807, 2.05) is 0 Å². The molecule has 0 bridgehead atoms. The van der Waals surface area contributed by atoms with Crippen molar-refractivity contribution in [2.75, 3.05) is 10.2 Å². The molecule has 0 spiro atoms. The molecule has 186 valence electrons. The number of benzene rings is 3. The zero-order valence-electron chi connectivity index (χ0n) is 18.1. The van der Waals surface area contributed by atoms with Gasteiger partial charge in [-0.25, -0.2) is 4.79 Å². The van der Waals surface area contributed by atoms with Gasteiger partial charge in [0, 0.05) is 11.4 Å². The molecular formula is C25H16F6N2O3. The number of halogens is 6. The summed E-state index contributed by atoms with van der Waals surface area (Å²) in [6, 6.07) is 14.0. The lowest BCUT2D eigenvalue weighted by Gasteiger charge is -2.27. The van der Waals surface area contributed by atoms with E-state index in [4.69, 9.17) is 0 Å². The number of carboxylic acids is 1. The Bertz CT molecular complexity index is 1350. The number of anilines is 2. The maximum absolute atomic E-state index is 13.5. The highest BCUT2D eigenvalue weighted by atomic mass is 19.4. The first-order valence-electron chi connectivity index (χ1n) is 10.4. The highest BCUT2D eigenvalue weighted by molar-refractivity contribution is 6.17. The Hall–Kier alpha value is -4.28. The zero-order chi connectivity index (χ0) is 26.3. The second-order valence-electron chi connectivity index (χ2n) is 7.83. The van der Waals surface area contributed by atoms with E-state index in [0.29, 0.717) is 12.1 Å². The van der Waals surface area contributed by atoms with Gasteiger partial charge < -0.3 is 10.4 Å². The molecule has 4 rings (SSSR count). The molecule has 1 aliphatic heterocycles. The molecule has 1 atom stereocenters. The molecule has 1 amide bonds. The maximum Gasteiger partial charge on any atom is 0.416 e. The highest BCUT2D eigenvalue weighted by Crippen LogP contribution is 2.43. The van der Waals surface area contributed by atoms with Crippen LogP contribution in [0.15, 0.2) is 90.1 Å². The molecule has 0 aromatic heterocycles. The van der Waals surface area contributed by atoms with Crippen molar-refractivity contribution < 1.29 is 41.0 Å². The smallest absolute Gasteiger partial charge is 0.416 e. The van der Waals surface area contributed by atoms with E-state index < -0.39 is 52.7 Å². The van der Waals surface area contributed by atoms with Crippen molar-refractivity contribution >= 4 is 23.3 Å². The van der Waals surface area contributed by atoms with Crippen LogP contribution < -0.4 is 10.2 Å². The summed E-state index contributed by atoms with van der Waals surface area (Å²) in [6.07, 6.45) is -9.43. The summed E-state index contributed by atoms with van der Waals surface area (Å²) in [5, 5.41) is 12.5. The fraction of sp³-hybridized carbons (Fsp3) is 0.120. The number of carboxylic acid groups (broad SMARTS) is 1. The first-order chi connectivity index (χ1) is 16.9. The zero-order valence-corrected chi connectivity index (χ0v) is 18.1. The van der Waals surface area contributed by atoms with Crippen molar-refractivity contribution in [1.82, 2.24) is 0 Å². The van der Waals surface area contributed by atoms with Gasteiger partial charge in [-0.2, -0.15) is 26.3 Å². The fourth-order valence-electron chi connectivity index (χ4n) is 3.93. The Balaban J connectivity index is 1.87. The Kier molecular flexibility index (Phi) is 6.25. The molecular weight excluding hydrogens is 490 g/mol.